The fourth-order valence-electron chi connectivity index (χ4n) is 2.52. The number of rotatable bonds is 5. The number of amides is 2. The van der Waals surface area contributed by atoms with Gasteiger partial charge in [0.2, 0.25) is 0 Å². The molecule has 8 heteroatoms. The van der Waals surface area contributed by atoms with Gasteiger partial charge in [-0.3, -0.25) is 9.59 Å². The first-order chi connectivity index (χ1) is 12.9. The van der Waals surface area contributed by atoms with Crippen molar-refractivity contribution < 1.29 is 23.5 Å². The fraction of sp³-hybridized carbons (Fsp3) is 0.105. The largest absolute Gasteiger partial charge is 0.462 e. The molecular formula is C19H14ClFN2O4. The number of hydrogen-bond donors (Lipinski definition) is 1. The second-order valence-electron chi connectivity index (χ2n) is 5.54. The summed E-state index contributed by atoms with van der Waals surface area (Å²) < 4.78 is 18.0. The van der Waals surface area contributed by atoms with Gasteiger partial charge in [-0.1, -0.05) is 17.7 Å². The van der Waals surface area contributed by atoms with Gasteiger partial charge >= 0.3 is 5.97 Å². The molecule has 1 aliphatic heterocycles. The molecule has 27 heavy (non-hydrogen) atoms. The molecule has 0 atom stereocenters. The zero-order valence-corrected chi connectivity index (χ0v) is 14.9. The van der Waals surface area contributed by atoms with Crippen LogP contribution < -0.4 is 10.2 Å². The summed E-state index contributed by atoms with van der Waals surface area (Å²) in [5, 5.41) is 2.47. The van der Waals surface area contributed by atoms with Crippen LogP contribution in [0.4, 0.5) is 15.8 Å². The Labute approximate surface area is 159 Å². The van der Waals surface area contributed by atoms with E-state index < -0.39 is 23.6 Å². The van der Waals surface area contributed by atoms with Crippen LogP contribution in [0.5, 0.6) is 0 Å². The van der Waals surface area contributed by atoms with Gasteiger partial charge in [0.1, 0.15) is 16.5 Å². The monoisotopic (exact) mass is 388 g/mol. The second-order valence-corrected chi connectivity index (χ2v) is 5.92. The number of carbonyl (C=O) groups is 3. The fourth-order valence-corrected chi connectivity index (χ4v) is 2.73. The van der Waals surface area contributed by atoms with E-state index in [0.717, 1.165) is 17.0 Å². The van der Waals surface area contributed by atoms with E-state index in [2.05, 4.69) is 5.32 Å². The molecule has 0 spiro atoms. The maximum absolute atomic E-state index is 13.1. The van der Waals surface area contributed by atoms with Gasteiger partial charge in [-0.25, -0.2) is 14.1 Å². The summed E-state index contributed by atoms with van der Waals surface area (Å²) in [5.41, 5.74) is 0.732. The topological polar surface area (TPSA) is 75.7 Å². The maximum Gasteiger partial charge on any atom is 0.338 e. The minimum atomic E-state index is -0.725. The minimum Gasteiger partial charge on any atom is -0.462 e. The number of nitrogens with zero attached hydrogens (tertiary/aromatic N) is 1. The average Bonchev–Trinajstić information content (AvgIpc) is 2.87. The van der Waals surface area contributed by atoms with Crippen LogP contribution in [0, 0.1) is 5.82 Å². The minimum absolute atomic E-state index is 0.132. The van der Waals surface area contributed by atoms with Gasteiger partial charge in [-0.2, -0.15) is 0 Å². The smallest absolute Gasteiger partial charge is 0.338 e. The summed E-state index contributed by atoms with van der Waals surface area (Å²) in [6.07, 6.45) is 0. The van der Waals surface area contributed by atoms with Gasteiger partial charge in [0, 0.05) is 5.69 Å². The highest BCUT2D eigenvalue weighted by Gasteiger charge is 2.39. The summed E-state index contributed by atoms with van der Waals surface area (Å²) in [5.74, 6) is -2.41. The van der Waals surface area contributed by atoms with E-state index in [4.69, 9.17) is 16.3 Å². The molecule has 0 fully saturated rings. The van der Waals surface area contributed by atoms with Crippen molar-refractivity contribution in [1.29, 1.82) is 0 Å². The van der Waals surface area contributed by atoms with Crippen LogP contribution in [0.25, 0.3) is 0 Å². The van der Waals surface area contributed by atoms with Crippen molar-refractivity contribution >= 4 is 40.8 Å². The number of carbonyl (C=O) groups excluding carboxylic acids is 3. The predicted molar refractivity (Wildman–Crippen MR) is 97.8 cm³/mol. The van der Waals surface area contributed by atoms with E-state index in [1.165, 1.54) is 18.2 Å². The standard InChI is InChI=1S/C19H14ClFN2O4/c1-2-27-19(26)11-4-3-5-13(10-11)22-16-15(20)17(24)23(18(16)25)14-8-6-12(21)7-9-14/h3-10,22H,2H2,1H3. The normalized spacial score (nSPS) is 14.0. The first kappa shape index (κ1) is 18.6. The summed E-state index contributed by atoms with van der Waals surface area (Å²) in [6, 6.07) is 11.1. The number of nitrogens with one attached hydrogen (secondary N) is 1. The Morgan fingerprint density at radius 2 is 1.85 bits per heavy atom. The molecule has 1 N–H and O–H groups in total. The van der Waals surface area contributed by atoms with Gasteiger partial charge < -0.3 is 10.1 Å². The molecule has 1 aliphatic rings. The molecule has 0 unspecified atom stereocenters. The number of benzene rings is 2. The lowest BCUT2D eigenvalue weighted by molar-refractivity contribution is -0.120. The van der Waals surface area contributed by atoms with Crippen LogP contribution in [-0.2, 0) is 14.3 Å². The second kappa shape index (κ2) is 7.59. The Kier molecular flexibility index (Phi) is 5.23. The van der Waals surface area contributed by atoms with Crippen molar-refractivity contribution in [2.45, 2.75) is 6.92 Å². The van der Waals surface area contributed by atoms with Gasteiger partial charge in [-0.15, -0.1) is 0 Å². The van der Waals surface area contributed by atoms with Crippen molar-refractivity contribution in [2.75, 3.05) is 16.8 Å². The molecule has 3 rings (SSSR count). The molecule has 2 aromatic rings. The van der Waals surface area contributed by atoms with Crippen molar-refractivity contribution in [2.24, 2.45) is 0 Å². The Balaban J connectivity index is 1.86. The Morgan fingerprint density at radius 3 is 2.52 bits per heavy atom. The van der Waals surface area contributed by atoms with E-state index in [9.17, 15) is 18.8 Å². The van der Waals surface area contributed by atoms with Crippen LogP contribution in [0.15, 0.2) is 59.3 Å². The van der Waals surface area contributed by atoms with E-state index in [1.54, 1.807) is 25.1 Å². The first-order valence-corrected chi connectivity index (χ1v) is 8.38. The molecule has 2 aromatic carbocycles. The lowest BCUT2D eigenvalue weighted by Gasteiger charge is -2.15. The lowest BCUT2D eigenvalue weighted by atomic mass is 10.2. The van der Waals surface area contributed by atoms with Crippen LogP contribution >= 0.6 is 11.6 Å². The summed E-state index contributed by atoms with van der Waals surface area (Å²) in [7, 11) is 0. The van der Waals surface area contributed by atoms with Crippen LogP contribution in [0.3, 0.4) is 0 Å². The Hall–Kier alpha value is -3.19. The zero-order chi connectivity index (χ0) is 19.6. The molecular weight excluding hydrogens is 375 g/mol. The highest BCUT2D eigenvalue weighted by molar-refractivity contribution is 6.53. The predicted octanol–water partition coefficient (Wildman–Crippen LogP) is 3.44. The third-order valence-corrected chi connectivity index (χ3v) is 4.11. The Bertz CT molecular complexity index is 956. The van der Waals surface area contributed by atoms with Crippen LogP contribution in [0.1, 0.15) is 17.3 Å². The van der Waals surface area contributed by atoms with Gasteiger partial charge in [0.05, 0.1) is 17.9 Å². The molecule has 6 nitrogen and oxygen atoms in total. The van der Waals surface area contributed by atoms with Crippen molar-refractivity contribution in [3.63, 3.8) is 0 Å². The number of esters is 1. The van der Waals surface area contributed by atoms with Gasteiger partial charge in [0.25, 0.3) is 11.8 Å². The summed E-state index contributed by atoms with van der Waals surface area (Å²) in [4.78, 5) is 37.7. The third-order valence-electron chi connectivity index (χ3n) is 3.76. The number of hydrogen-bond acceptors (Lipinski definition) is 5. The molecule has 1 heterocycles. The van der Waals surface area contributed by atoms with Gasteiger partial charge in [-0.05, 0) is 49.4 Å². The molecule has 138 valence electrons. The summed E-state index contributed by atoms with van der Waals surface area (Å²) >= 11 is 6.04. The van der Waals surface area contributed by atoms with Crippen LogP contribution in [-0.4, -0.2) is 24.4 Å². The molecule has 0 saturated heterocycles. The van der Waals surface area contributed by atoms with E-state index in [1.807, 2.05) is 0 Å². The number of halogens is 2. The quantitative estimate of drug-likeness (QED) is 0.627. The Morgan fingerprint density at radius 1 is 1.15 bits per heavy atom. The van der Waals surface area contributed by atoms with Crippen molar-refractivity contribution in [1.82, 2.24) is 0 Å². The van der Waals surface area contributed by atoms with Gasteiger partial charge in [0.15, 0.2) is 0 Å². The highest BCUT2D eigenvalue weighted by atomic mass is 35.5. The highest BCUT2D eigenvalue weighted by Crippen LogP contribution is 2.30. The first-order valence-electron chi connectivity index (χ1n) is 8.00. The third kappa shape index (κ3) is 3.68. The number of anilines is 2. The molecule has 0 aromatic heterocycles. The van der Waals surface area contributed by atoms with Crippen LogP contribution in [0.2, 0.25) is 0 Å². The molecule has 0 radical (unpaired) electrons. The lowest BCUT2D eigenvalue weighted by Crippen LogP contribution is -2.32. The molecule has 0 saturated carbocycles. The van der Waals surface area contributed by atoms with E-state index in [0.29, 0.717) is 5.69 Å². The van der Waals surface area contributed by atoms with Crippen molar-refractivity contribution in [3.05, 3.63) is 70.6 Å². The zero-order valence-electron chi connectivity index (χ0n) is 14.2. The maximum atomic E-state index is 13.1. The molecule has 0 aliphatic carbocycles. The van der Waals surface area contributed by atoms with Crippen molar-refractivity contribution in [3.8, 4) is 0 Å². The van der Waals surface area contributed by atoms with E-state index in [-0.39, 0.29) is 28.6 Å². The average molecular weight is 389 g/mol. The molecule has 2 amide bonds. The number of imide groups is 1. The SMILES string of the molecule is CCOC(=O)c1cccc(NC2=C(Cl)C(=O)N(c3ccc(F)cc3)C2=O)c1. The summed E-state index contributed by atoms with van der Waals surface area (Å²) in [6.45, 7) is 1.92. The molecule has 0 bridgehead atoms. The van der Waals surface area contributed by atoms with E-state index >= 15 is 0 Å². The number of ether oxygens (including phenoxy) is 1.